The number of rotatable bonds is 4. The van der Waals surface area contributed by atoms with E-state index in [0.29, 0.717) is 6.04 Å². The van der Waals surface area contributed by atoms with E-state index in [-0.39, 0.29) is 0 Å². The fourth-order valence-electron chi connectivity index (χ4n) is 2.60. The van der Waals surface area contributed by atoms with Crippen LogP contribution in [0.3, 0.4) is 0 Å². The van der Waals surface area contributed by atoms with Gasteiger partial charge in [0.05, 0.1) is 10.9 Å². The third-order valence-corrected chi connectivity index (χ3v) is 3.94. The molecule has 3 rings (SSSR count). The molecular formula is C18H21N3. The summed E-state index contributed by atoms with van der Waals surface area (Å²) < 4.78 is 1.96. The minimum absolute atomic E-state index is 0.444. The molecule has 1 heterocycles. The van der Waals surface area contributed by atoms with Crippen molar-refractivity contribution in [3.05, 3.63) is 48.5 Å². The van der Waals surface area contributed by atoms with Crippen molar-refractivity contribution in [3.63, 3.8) is 0 Å². The first-order chi connectivity index (χ1) is 10.2. The summed E-state index contributed by atoms with van der Waals surface area (Å²) in [6.45, 7) is 4.40. The molecule has 0 fully saturated rings. The van der Waals surface area contributed by atoms with Gasteiger partial charge in [0.25, 0.3) is 0 Å². The summed E-state index contributed by atoms with van der Waals surface area (Å²) in [7, 11) is 2.00. The van der Waals surface area contributed by atoms with Crippen LogP contribution in [0.4, 0.5) is 5.69 Å². The number of hydrogen-bond donors (Lipinski definition) is 1. The predicted molar refractivity (Wildman–Crippen MR) is 89.5 cm³/mol. The molecule has 1 aromatic heterocycles. The molecule has 0 radical (unpaired) electrons. The Morgan fingerprint density at radius 1 is 1.10 bits per heavy atom. The monoisotopic (exact) mass is 279 g/mol. The van der Waals surface area contributed by atoms with E-state index in [9.17, 15) is 0 Å². The first-order valence-corrected chi connectivity index (χ1v) is 7.48. The van der Waals surface area contributed by atoms with Gasteiger partial charge in [-0.15, -0.1) is 0 Å². The maximum atomic E-state index is 4.73. The highest BCUT2D eigenvalue weighted by molar-refractivity contribution is 6.02. The zero-order valence-corrected chi connectivity index (χ0v) is 12.8. The first kappa shape index (κ1) is 13.7. The molecule has 21 heavy (non-hydrogen) atoms. The van der Waals surface area contributed by atoms with Gasteiger partial charge in [-0.1, -0.05) is 43.3 Å². The van der Waals surface area contributed by atoms with E-state index in [1.54, 1.807) is 0 Å². The van der Waals surface area contributed by atoms with Crippen LogP contribution >= 0.6 is 0 Å². The third kappa shape index (κ3) is 2.51. The van der Waals surface area contributed by atoms with Crippen molar-refractivity contribution in [1.29, 1.82) is 0 Å². The molecule has 0 aliphatic heterocycles. The SMILES string of the molecule is CCC(C)Nc1cccc2c1c(-c1ccccc1)nn2C. The quantitative estimate of drug-likeness (QED) is 0.764. The number of aromatic nitrogens is 2. The molecule has 0 spiro atoms. The zero-order chi connectivity index (χ0) is 14.8. The highest BCUT2D eigenvalue weighted by atomic mass is 15.3. The van der Waals surface area contributed by atoms with Crippen LogP contribution in [-0.4, -0.2) is 15.8 Å². The number of anilines is 1. The summed E-state index contributed by atoms with van der Waals surface area (Å²) in [5.74, 6) is 0. The molecule has 0 saturated heterocycles. The molecule has 0 aliphatic carbocycles. The van der Waals surface area contributed by atoms with Crippen molar-refractivity contribution in [1.82, 2.24) is 9.78 Å². The Hall–Kier alpha value is -2.29. The molecule has 0 amide bonds. The summed E-state index contributed by atoms with van der Waals surface area (Å²) in [6.07, 6.45) is 1.09. The normalized spacial score (nSPS) is 12.5. The van der Waals surface area contributed by atoms with Crippen molar-refractivity contribution in [2.75, 3.05) is 5.32 Å². The van der Waals surface area contributed by atoms with E-state index in [4.69, 9.17) is 5.10 Å². The highest BCUT2D eigenvalue weighted by Gasteiger charge is 2.14. The fraction of sp³-hybridized carbons (Fsp3) is 0.278. The van der Waals surface area contributed by atoms with Gasteiger partial charge in [0, 0.05) is 24.3 Å². The average Bonchev–Trinajstić information content (AvgIpc) is 2.86. The van der Waals surface area contributed by atoms with Gasteiger partial charge in [-0.3, -0.25) is 4.68 Å². The Morgan fingerprint density at radius 2 is 1.86 bits per heavy atom. The second-order valence-electron chi connectivity index (χ2n) is 5.49. The molecule has 0 bridgehead atoms. The molecular weight excluding hydrogens is 258 g/mol. The van der Waals surface area contributed by atoms with Crippen LogP contribution in [0.25, 0.3) is 22.2 Å². The number of nitrogens with zero attached hydrogens (tertiary/aromatic N) is 2. The summed E-state index contributed by atoms with van der Waals surface area (Å²) in [6, 6.07) is 17.2. The van der Waals surface area contributed by atoms with E-state index in [1.807, 2.05) is 17.8 Å². The molecule has 1 unspecified atom stereocenters. The number of hydrogen-bond acceptors (Lipinski definition) is 2. The Kier molecular flexibility index (Phi) is 3.65. The van der Waals surface area contributed by atoms with Crippen LogP contribution in [0, 0.1) is 0 Å². The van der Waals surface area contributed by atoms with Crippen LogP contribution in [-0.2, 0) is 7.05 Å². The summed E-state index contributed by atoms with van der Waals surface area (Å²) >= 11 is 0. The highest BCUT2D eigenvalue weighted by Crippen LogP contribution is 2.33. The van der Waals surface area contributed by atoms with Gasteiger partial charge in [0.2, 0.25) is 0 Å². The Labute approximate surface area is 125 Å². The minimum Gasteiger partial charge on any atom is -0.382 e. The Balaban J connectivity index is 2.21. The van der Waals surface area contributed by atoms with Crippen LogP contribution in [0.15, 0.2) is 48.5 Å². The molecule has 3 nitrogen and oxygen atoms in total. The Bertz CT molecular complexity index is 744. The topological polar surface area (TPSA) is 29.9 Å². The lowest BCUT2D eigenvalue weighted by molar-refractivity contribution is 0.765. The van der Waals surface area contributed by atoms with Gasteiger partial charge in [0.15, 0.2) is 0 Å². The lowest BCUT2D eigenvalue weighted by Crippen LogP contribution is -2.13. The van der Waals surface area contributed by atoms with Crippen molar-refractivity contribution in [2.24, 2.45) is 7.05 Å². The van der Waals surface area contributed by atoms with Gasteiger partial charge in [-0.25, -0.2) is 0 Å². The molecule has 1 N–H and O–H groups in total. The molecule has 3 aromatic rings. The van der Waals surface area contributed by atoms with E-state index in [1.165, 1.54) is 5.39 Å². The predicted octanol–water partition coefficient (Wildman–Crippen LogP) is 4.45. The standard InChI is InChI=1S/C18H21N3/c1-4-13(2)19-15-11-8-12-16-17(15)18(20-21(16)3)14-9-6-5-7-10-14/h5-13,19H,4H2,1-3H3. The summed E-state index contributed by atoms with van der Waals surface area (Å²) in [5, 5.41) is 9.54. The van der Waals surface area contributed by atoms with Crippen LogP contribution in [0.2, 0.25) is 0 Å². The average molecular weight is 279 g/mol. The van der Waals surface area contributed by atoms with Crippen LogP contribution in [0.5, 0.6) is 0 Å². The van der Waals surface area contributed by atoms with E-state index in [2.05, 4.69) is 61.6 Å². The van der Waals surface area contributed by atoms with Gasteiger partial charge in [-0.05, 0) is 25.5 Å². The van der Waals surface area contributed by atoms with Gasteiger partial charge >= 0.3 is 0 Å². The van der Waals surface area contributed by atoms with E-state index >= 15 is 0 Å². The number of benzene rings is 2. The maximum Gasteiger partial charge on any atom is 0.102 e. The van der Waals surface area contributed by atoms with Crippen LogP contribution < -0.4 is 5.32 Å². The van der Waals surface area contributed by atoms with Crippen molar-refractivity contribution in [3.8, 4) is 11.3 Å². The first-order valence-electron chi connectivity index (χ1n) is 7.48. The molecule has 2 aromatic carbocycles. The zero-order valence-electron chi connectivity index (χ0n) is 12.8. The molecule has 1 atom stereocenters. The van der Waals surface area contributed by atoms with E-state index < -0.39 is 0 Å². The van der Waals surface area contributed by atoms with E-state index in [0.717, 1.165) is 28.9 Å². The fourth-order valence-corrected chi connectivity index (χ4v) is 2.60. The van der Waals surface area contributed by atoms with Crippen LogP contribution in [0.1, 0.15) is 20.3 Å². The third-order valence-electron chi connectivity index (χ3n) is 3.94. The largest absolute Gasteiger partial charge is 0.382 e. The van der Waals surface area contributed by atoms with Crippen molar-refractivity contribution < 1.29 is 0 Å². The number of aryl methyl sites for hydroxylation is 1. The van der Waals surface area contributed by atoms with Gasteiger partial charge in [-0.2, -0.15) is 5.10 Å². The lowest BCUT2D eigenvalue weighted by Gasteiger charge is -2.14. The maximum absolute atomic E-state index is 4.73. The molecule has 108 valence electrons. The van der Waals surface area contributed by atoms with Gasteiger partial charge in [0.1, 0.15) is 5.69 Å². The second kappa shape index (κ2) is 5.60. The number of nitrogens with one attached hydrogen (secondary N) is 1. The molecule has 3 heteroatoms. The lowest BCUT2D eigenvalue weighted by atomic mass is 10.1. The second-order valence-corrected chi connectivity index (χ2v) is 5.49. The summed E-state index contributed by atoms with van der Waals surface area (Å²) in [4.78, 5) is 0. The smallest absolute Gasteiger partial charge is 0.102 e. The number of fused-ring (bicyclic) bond motifs is 1. The summed E-state index contributed by atoms with van der Waals surface area (Å²) in [5.41, 5.74) is 4.51. The van der Waals surface area contributed by atoms with Crippen molar-refractivity contribution >= 4 is 16.6 Å². The van der Waals surface area contributed by atoms with Gasteiger partial charge < -0.3 is 5.32 Å². The molecule has 0 aliphatic rings. The Morgan fingerprint density at radius 3 is 2.57 bits per heavy atom. The molecule has 0 saturated carbocycles. The van der Waals surface area contributed by atoms with Crippen molar-refractivity contribution in [2.45, 2.75) is 26.3 Å². The minimum atomic E-state index is 0.444.